The van der Waals surface area contributed by atoms with Gasteiger partial charge in [-0.1, -0.05) is 18.2 Å². The maximum Gasteiger partial charge on any atom is 0.434 e. The largest absolute Gasteiger partial charge is 0.493 e. The highest BCUT2D eigenvalue weighted by Gasteiger charge is 2.60. The fraction of sp³-hybridized carbons (Fsp3) is 0.500. The molecular weight excluding hydrogens is 520 g/mol. The number of halogens is 6. The molecule has 2 aromatic rings. The highest BCUT2D eigenvalue weighted by Crippen LogP contribution is 2.44. The van der Waals surface area contributed by atoms with Crippen LogP contribution in [0.15, 0.2) is 36.4 Å². The fourth-order valence-electron chi connectivity index (χ4n) is 5.33. The molecule has 0 spiro atoms. The number of aryl methyl sites for hydroxylation is 1. The number of nitrogens with zero attached hydrogens (tertiary/aromatic N) is 1. The number of amides is 1. The first-order chi connectivity index (χ1) is 18.0. The van der Waals surface area contributed by atoms with Crippen molar-refractivity contribution in [1.82, 2.24) is 4.90 Å². The van der Waals surface area contributed by atoms with Crippen LogP contribution >= 0.6 is 0 Å². The third-order valence-electron chi connectivity index (χ3n) is 7.13. The van der Waals surface area contributed by atoms with Crippen LogP contribution in [0.3, 0.4) is 0 Å². The molecule has 5 rings (SSSR count). The SMILES string of the molecule is O=C(OC(C(F)(F)F)C(F)(F)F)N1CCC(C(c2ccc3c(c2)CCCO3)c2ccc3c(c2)OCO3)CC1. The molecule has 3 aliphatic heterocycles. The zero-order chi connectivity index (χ0) is 27.1. The lowest BCUT2D eigenvalue weighted by molar-refractivity contribution is -0.308. The van der Waals surface area contributed by atoms with E-state index in [9.17, 15) is 31.1 Å². The van der Waals surface area contributed by atoms with E-state index in [0.29, 0.717) is 30.9 Å². The maximum atomic E-state index is 12.9. The highest BCUT2D eigenvalue weighted by atomic mass is 19.4. The molecule has 0 N–H and O–H groups in total. The average molecular weight is 545 g/mol. The Bertz CT molecular complexity index is 1160. The van der Waals surface area contributed by atoms with Gasteiger partial charge in [-0.15, -0.1) is 0 Å². The zero-order valence-corrected chi connectivity index (χ0v) is 20.1. The van der Waals surface area contributed by atoms with Gasteiger partial charge < -0.3 is 23.8 Å². The molecule has 0 saturated carbocycles. The summed E-state index contributed by atoms with van der Waals surface area (Å²) in [6, 6.07) is 11.6. The molecule has 3 aliphatic rings. The topological polar surface area (TPSA) is 57.2 Å². The second-order valence-corrected chi connectivity index (χ2v) is 9.58. The lowest BCUT2D eigenvalue weighted by atomic mass is 9.75. The Hall–Kier alpha value is -3.31. The molecule has 6 nitrogen and oxygen atoms in total. The number of piperidine rings is 1. The molecule has 1 fully saturated rings. The maximum absolute atomic E-state index is 12.9. The van der Waals surface area contributed by atoms with Crippen molar-refractivity contribution in [2.45, 2.75) is 50.1 Å². The van der Waals surface area contributed by atoms with Crippen LogP contribution < -0.4 is 14.2 Å². The van der Waals surface area contributed by atoms with Crippen molar-refractivity contribution in [1.29, 1.82) is 0 Å². The number of ether oxygens (including phenoxy) is 4. The number of hydrogen-bond acceptors (Lipinski definition) is 5. The highest BCUT2D eigenvalue weighted by molar-refractivity contribution is 5.68. The smallest absolute Gasteiger partial charge is 0.434 e. The number of carbonyl (C=O) groups is 1. The summed E-state index contributed by atoms with van der Waals surface area (Å²) in [4.78, 5) is 13.2. The molecule has 1 atom stereocenters. The summed E-state index contributed by atoms with van der Waals surface area (Å²) in [7, 11) is 0. The summed E-state index contributed by atoms with van der Waals surface area (Å²) in [5.41, 5.74) is 3.01. The molecule has 38 heavy (non-hydrogen) atoms. The number of alkyl halides is 6. The van der Waals surface area contributed by atoms with Gasteiger partial charge in [-0.3, -0.25) is 0 Å². The van der Waals surface area contributed by atoms with Crippen molar-refractivity contribution in [3.05, 3.63) is 53.1 Å². The van der Waals surface area contributed by atoms with Crippen molar-refractivity contribution in [2.24, 2.45) is 5.92 Å². The molecule has 0 radical (unpaired) electrons. The van der Waals surface area contributed by atoms with Gasteiger partial charge in [0.1, 0.15) is 5.75 Å². The molecule has 206 valence electrons. The number of rotatable bonds is 4. The lowest BCUT2D eigenvalue weighted by Crippen LogP contribution is -2.49. The van der Waals surface area contributed by atoms with Crippen LogP contribution in [-0.4, -0.2) is 55.9 Å². The van der Waals surface area contributed by atoms with E-state index in [1.807, 2.05) is 30.3 Å². The number of hydrogen-bond donors (Lipinski definition) is 0. The van der Waals surface area contributed by atoms with Crippen LogP contribution in [0.2, 0.25) is 0 Å². The summed E-state index contributed by atoms with van der Waals surface area (Å²) in [5, 5.41) is 0. The van der Waals surface area contributed by atoms with Gasteiger partial charge in [0.2, 0.25) is 6.79 Å². The monoisotopic (exact) mass is 545 g/mol. The quantitative estimate of drug-likeness (QED) is 0.428. The van der Waals surface area contributed by atoms with Crippen molar-refractivity contribution >= 4 is 6.09 Å². The number of fused-ring (bicyclic) bond motifs is 2. The minimum atomic E-state index is -5.76. The van der Waals surface area contributed by atoms with Gasteiger partial charge in [-0.25, -0.2) is 4.79 Å². The first kappa shape index (κ1) is 26.3. The Labute approximate surface area is 214 Å². The molecule has 1 saturated heterocycles. The summed E-state index contributed by atoms with van der Waals surface area (Å²) >= 11 is 0. The Kier molecular flexibility index (Phi) is 6.99. The molecule has 0 aliphatic carbocycles. The van der Waals surface area contributed by atoms with E-state index in [0.717, 1.165) is 40.2 Å². The lowest BCUT2D eigenvalue weighted by Gasteiger charge is -2.37. The van der Waals surface area contributed by atoms with E-state index in [4.69, 9.17) is 14.2 Å². The molecule has 3 heterocycles. The molecule has 0 aromatic heterocycles. The zero-order valence-electron chi connectivity index (χ0n) is 20.1. The molecule has 2 aromatic carbocycles. The minimum absolute atomic E-state index is 0.0406. The van der Waals surface area contributed by atoms with Crippen LogP contribution in [-0.2, 0) is 11.2 Å². The summed E-state index contributed by atoms with van der Waals surface area (Å²) in [6.07, 6.45) is -14.9. The van der Waals surface area contributed by atoms with E-state index in [1.165, 1.54) is 0 Å². The van der Waals surface area contributed by atoms with Gasteiger partial charge in [0, 0.05) is 19.0 Å². The first-order valence-electron chi connectivity index (χ1n) is 12.2. The van der Waals surface area contributed by atoms with Crippen LogP contribution in [0.1, 0.15) is 41.9 Å². The van der Waals surface area contributed by atoms with Crippen LogP contribution in [0.25, 0.3) is 0 Å². The predicted molar refractivity (Wildman–Crippen MR) is 121 cm³/mol. The van der Waals surface area contributed by atoms with Crippen molar-refractivity contribution in [2.75, 3.05) is 26.5 Å². The van der Waals surface area contributed by atoms with E-state index in [1.54, 1.807) is 0 Å². The summed E-state index contributed by atoms with van der Waals surface area (Å²) < 4.78 is 97.7. The van der Waals surface area contributed by atoms with Crippen molar-refractivity contribution in [3.8, 4) is 17.2 Å². The van der Waals surface area contributed by atoms with Gasteiger partial charge in [-0.05, 0) is 66.5 Å². The number of likely N-dealkylation sites (tertiary alicyclic amines) is 1. The van der Waals surface area contributed by atoms with Crippen molar-refractivity contribution in [3.63, 3.8) is 0 Å². The summed E-state index contributed by atoms with van der Waals surface area (Å²) in [5.74, 6) is 1.83. The third-order valence-corrected chi connectivity index (χ3v) is 7.13. The van der Waals surface area contributed by atoms with Gasteiger partial charge in [-0.2, -0.15) is 26.3 Å². The van der Waals surface area contributed by atoms with E-state index in [2.05, 4.69) is 10.8 Å². The molecule has 1 unspecified atom stereocenters. The average Bonchev–Trinajstić information content (AvgIpc) is 3.34. The first-order valence-corrected chi connectivity index (χ1v) is 12.2. The Morgan fingerprint density at radius 3 is 2.18 bits per heavy atom. The van der Waals surface area contributed by atoms with Gasteiger partial charge >= 0.3 is 18.4 Å². The van der Waals surface area contributed by atoms with E-state index in [-0.39, 0.29) is 31.7 Å². The minimum Gasteiger partial charge on any atom is -0.493 e. The Balaban J connectivity index is 1.36. The number of benzene rings is 2. The van der Waals surface area contributed by atoms with Crippen LogP contribution in [0.4, 0.5) is 31.1 Å². The molecular formula is C26H25F6NO5. The second-order valence-electron chi connectivity index (χ2n) is 9.58. The van der Waals surface area contributed by atoms with Crippen LogP contribution in [0.5, 0.6) is 17.2 Å². The second kappa shape index (κ2) is 10.1. The Morgan fingerprint density at radius 1 is 0.868 bits per heavy atom. The van der Waals surface area contributed by atoms with Gasteiger partial charge in [0.05, 0.1) is 6.61 Å². The van der Waals surface area contributed by atoms with Crippen LogP contribution in [0, 0.1) is 5.92 Å². The predicted octanol–water partition coefficient (Wildman–Crippen LogP) is 6.21. The molecule has 0 bridgehead atoms. The van der Waals surface area contributed by atoms with Gasteiger partial charge in [0.15, 0.2) is 11.5 Å². The molecule has 12 heteroatoms. The third kappa shape index (κ3) is 5.44. The molecule has 1 amide bonds. The standard InChI is InChI=1S/C26H25F6NO5/c27-25(28,29)23(26(30,31)32)38-24(34)33-9-7-15(8-10-33)22(18-4-6-20-21(13-18)37-14-36-20)17-3-5-19-16(12-17)2-1-11-35-19/h3-6,12-13,15,22-23H,1-2,7-11,14H2. The van der Waals surface area contributed by atoms with Crippen molar-refractivity contribution < 1.29 is 50.1 Å². The van der Waals surface area contributed by atoms with Gasteiger partial charge in [0.25, 0.3) is 6.10 Å². The van der Waals surface area contributed by atoms with E-state index < -0.39 is 24.5 Å². The Morgan fingerprint density at radius 2 is 1.50 bits per heavy atom. The van der Waals surface area contributed by atoms with E-state index >= 15 is 0 Å². The fourth-order valence-corrected chi connectivity index (χ4v) is 5.33. The normalized spacial score (nSPS) is 18.7. The number of carbonyl (C=O) groups excluding carboxylic acids is 1. The summed E-state index contributed by atoms with van der Waals surface area (Å²) in [6.45, 7) is 0.676.